The van der Waals surface area contributed by atoms with Gasteiger partial charge in [0.25, 0.3) is 0 Å². The minimum atomic E-state index is -1.07. The normalized spacial score (nSPS) is 13.9. The van der Waals surface area contributed by atoms with Gasteiger partial charge in [-0.1, -0.05) is 27.5 Å². The molecule has 0 fully saturated rings. The fraction of sp³-hybridized carbons (Fsp3) is 0.455. The molecule has 0 spiro atoms. The lowest BCUT2D eigenvalue weighted by Crippen LogP contribution is -2.38. The second-order valence-electron chi connectivity index (χ2n) is 4.44. The summed E-state index contributed by atoms with van der Waals surface area (Å²) in [6.45, 7) is 6.33. The van der Waals surface area contributed by atoms with Crippen LogP contribution in [0.1, 0.15) is 26.3 Å². The third-order valence-electron chi connectivity index (χ3n) is 1.96. The summed E-state index contributed by atoms with van der Waals surface area (Å²) in [4.78, 5) is 0. The van der Waals surface area contributed by atoms with Crippen LogP contribution in [0.4, 0.5) is 0 Å². The van der Waals surface area contributed by atoms with Crippen LogP contribution in [0.25, 0.3) is 0 Å². The fourth-order valence-corrected chi connectivity index (χ4v) is 2.34. The molecule has 0 bridgehead atoms. The maximum absolute atomic E-state index is 11.8. The fourth-order valence-electron chi connectivity index (χ4n) is 1.04. The molecule has 0 aliphatic carbocycles. The van der Waals surface area contributed by atoms with Gasteiger partial charge in [0, 0.05) is 20.9 Å². The van der Waals surface area contributed by atoms with E-state index in [-0.39, 0.29) is 4.75 Å². The van der Waals surface area contributed by atoms with Crippen LogP contribution < -0.4 is 4.72 Å². The van der Waals surface area contributed by atoms with Gasteiger partial charge in [-0.3, -0.25) is 0 Å². The van der Waals surface area contributed by atoms with Crippen molar-refractivity contribution in [2.24, 2.45) is 0 Å². The van der Waals surface area contributed by atoms with Crippen molar-refractivity contribution in [3.05, 3.63) is 33.3 Å². The molecule has 2 nitrogen and oxygen atoms in total. The Morgan fingerprint density at radius 2 is 2.06 bits per heavy atom. The highest BCUT2D eigenvalue weighted by molar-refractivity contribution is 9.10. The van der Waals surface area contributed by atoms with Crippen molar-refractivity contribution in [1.82, 2.24) is 4.72 Å². The predicted octanol–water partition coefficient (Wildman–Crippen LogP) is 3.65. The number of hydrogen-bond acceptors (Lipinski definition) is 2. The van der Waals surface area contributed by atoms with E-state index in [9.17, 15) is 4.55 Å². The Bertz CT molecular complexity index is 367. The summed E-state index contributed by atoms with van der Waals surface area (Å²) >= 11 is 8.26. The third kappa shape index (κ3) is 4.26. The molecule has 1 N–H and O–H groups in total. The molecule has 90 valence electrons. The van der Waals surface area contributed by atoms with Crippen LogP contribution in [0.5, 0.6) is 0 Å². The molecule has 1 rings (SSSR count). The van der Waals surface area contributed by atoms with Crippen LogP contribution in [0.15, 0.2) is 22.7 Å². The molecule has 0 aliphatic heterocycles. The molecular formula is C11H15BrClNOS. The Labute approximate surface area is 113 Å². The molecule has 0 saturated heterocycles. The van der Waals surface area contributed by atoms with Gasteiger partial charge in [0.1, 0.15) is 4.75 Å². The number of nitrogens with one attached hydrogen (secondary N) is 1. The van der Waals surface area contributed by atoms with E-state index in [2.05, 4.69) is 20.7 Å². The Morgan fingerprint density at radius 1 is 1.44 bits per heavy atom. The maximum atomic E-state index is 11.8. The van der Waals surface area contributed by atoms with Crippen LogP contribution in [0.3, 0.4) is 0 Å². The van der Waals surface area contributed by atoms with Crippen LogP contribution >= 0.6 is 27.5 Å². The monoisotopic (exact) mass is 323 g/mol. The Hall–Kier alpha value is 0.260. The average molecular weight is 325 g/mol. The summed E-state index contributed by atoms with van der Waals surface area (Å²) in [6, 6.07) is 5.56. The third-order valence-corrected chi connectivity index (χ3v) is 4.49. The summed E-state index contributed by atoms with van der Waals surface area (Å²) in [6.07, 6.45) is 0. The maximum Gasteiger partial charge on any atom is 0.136 e. The second-order valence-corrected chi connectivity index (χ2v) is 7.78. The molecule has 0 saturated carbocycles. The summed E-state index contributed by atoms with van der Waals surface area (Å²) in [5.41, 5.74) is 1.00. The zero-order valence-electron chi connectivity index (χ0n) is 9.51. The van der Waals surface area contributed by atoms with E-state index in [4.69, 9.17) is 11.6 Å². The lowest BCUT2D eigenvalue weighted by molar-refractivity contribution is 0.544. The quantitative estimate of drug-likeness (QED) is 0.861. The van der Waals surface area contributed by atoms with E-state index >= 15 is 0 Å². The molecule has 0 heterocycles. The van der Waals surface area contributed by atoms with Crippen LogP contribution in [0, 0.1) is 0 Å². The van der Waals surface area contributed by atoms with Gasteiger partial charge in [-0.05, 0) is 44.5 Å². The van der Waals surface area contributed by atoms with Crippen molar-refractivity contribution < 1.29 is 4.55 Å². The van der Waals surface area contributed by atoms with Crippen molar-refractivity contribution >= 4 is 38.9 Å². The zero-order valence-corrected chi connectivity index (χ0v) is 12.7. The highest BCUT2D eigenvalue weighted by Gasteiger charge is 2.26. The molecule has 16 heavy (non-hydrogen) atoms. The zero-order chi connectivity index (χ0) is 12.3. The van der Waals surface area contributed by atoms with Gasteiger partial charge in [0.05, 0.1) is 6.54 Å². The molecule has 5 heteroatoms. The molecule has 0 aromatic heterocycles. The first-order valence-corrected chi connectivity index (χ1v) is 7.22. The highest BCUT2D eigenvalue weighted by atomic mass is 79.9. The van der Waals surface area contributed by atoms with Crippen molar-refractivity contribution in [3.63, 3.8) is 0 Å². The molecule has 1 aromatic carbocycles. The average Bonchev–Trinajstić information content (AvgIpc) is 2.17. The number of rotatable bonds is 3. The minimum absolute atomic E-state index is 0.259. The molecular weight excluding hydrogens is 310 g/mol. The van der Waals surface area contributed by atoms with Crippen molar-refractivity contribution in [3.8, 4) is 0 Å². The van der Waals surface area contributed by atoms with E-state index in [1.54, 1.807) is 0 Å². The topological polar surface area (TPSA) is 35.1 Å². The van der Waals surface area contributed by atoms with Crippen molar-refractivity contribution in [2.75, 3.05) is 0 Å². The van der Waals surface area contributed by atoms with Crippen molar-refractivity contribution in [2.45, 2.75) is 32.1 Å². The van der Waals surface area contributed by atoms with E-state index in [0.29, 0.717) is 11.6 Å². The standard InChI is InChI=1S/C11H15BrClNOS/c1-11(2,3)16(15)14-7-8-6-9(13)4-5-10(8)12/h4-6,14H,7H2,1-3H3. The van der Waals surface area contributed by atoms with Crippen molar-refractivity contribution in [1.29, 1.82) is 0 Å². The van der Waals surface area contributed by atoms with E-state index < -0.39 is 11.4 Å². The van der Waals surface area contributed by atoms with Crippen LogP contribution in [-0.4, -0.2) is 9.30 Å². The predicted molar refractivity (Wildman–Crippen MR) is 73.9 cm³/mol. The lowest BCUT2D eigenvalue weighted by atomic mass is 10.2. The molecule has 1 unspecified atom stereocenters. The summed E-state index contributed by atoms with van der Waals surface area (Å²) in [5, 5.41) is 0.682. The number of halogens is 2. The summed E-state index contributed by atoms with van der Waals surface area (Å²) in [7, 11) is 0. The summed E-state index contributed by atoms with van der Waals surface area (Å²) in [5.74, 6) is 0. The van der Waals surface area contributed by atoms with E-state index in [0.717, 1.165) is 10.0 Å². The highest BCUT2D eigenvalue weighted by Crippen LogP contribution is 2.22. The van der Waals surface area contributed by atoms with Gasteiger partial charge in [0.2, 0.25) is 0 Å². The van der Waals surface area contributed by atoms with Crippen LogP contribution in [-0.2, 0) is 17.9 Å². The first-order chi connectivity index (χ1) is 7.30. The Balaban J connectivity index is 2.64. The first kappa shape index (κ1) is 14.3. The van der Waals surface area contributed by atoms with E-state index in [1.807, 2.05) is 39.0 Å². The lowest BCUT2D eigenvalue weighted by Gasteiger charge is -2.23. The number of benzene rings is 1. The Kier molecular flexibility index (Phi) is 5.13. The van der Waals surface area contributed by atoms with Gasteiger partial charge in [-0.25, -0.2) is 0 Å². The molecule has 0 radical (unpaired) electrons. The minimum Gasteiger partial charge on any atom is -0.598 e. The Morgan fingerprint density at radius 3 is 2.62 bits per heavy atom. The second kappa shape index (κ2) is 5.74. The van der Waals surface area contributed by atoms with Gasteiger partial charge < -0.3 is 4.55 Å². The molecule has 1 aromatic rings. The first-order valence-electron chi connectivity index (χ1n) is 4.90. The molecule has 0 aliphatic rings. The van der Waals surface area contributed by atoms with Gasteiger partial charge in [0.15, 0.2) is 0 Å². The van der Waals surface area contributed by atoms with Gasteiger partial charge >= 0.3 is 0 Å². The summed E-state index contributed by atoms with van der Waals surface area (Å²) < 4.78 is 15.5. The van der Waals surface area contributed by atoms with E-state index in [1.165, 1.54) is 0 Å². The SMILES string of the molecule is CC(C)(C)[S+]([O-])NCc1cc(Cl)ccc1Br. The largest absolute Gasteiger partial charge is 0.598 e. The van der Waals surface area contributed by atoms with Crippen LogP contribution in [0.2, 0.25) is 5.02 Å². The number of hydrogen-bond donors (Lipinski definition) is 1. The smallest absolute Gasteiger partial charge is 0.136 e. The van der Waals surface area contributed by atoms with Gasteiger partial charge in [-0.15, -0.1) is 4.72 Å². The molecule has 1 atom stereocenters. The van der Waals surface area contributed by atoms with Gasteiger partial charge in [-0.2, -0.15) is 0 Å². The molecule has 0 amide bonds.